The highest BCUT2D eigenvalue weighted by Crippen LogP contribution is 2.30. The molecule has 1 aromatic rings. The third-order valence-electron chi connectivity index (χ3n) is 4.48. The zero-order valence-electron chi connectivity index (χ0n) is 12.4. The number of hydrogen-bond acceptors (Lipinski definition) is 2. The molecule has 21 heavy (non-hydrogen) atoms. The first-order valence-electron chi connectivity index (χ1n) is 7.97. The highest BCUT2D eigenvalue weighted by molar-refractivity contribution is 9.10. The Bertz CT molecular complexity index is 495. The van der Waals surface area contributed by atoms with Crippen LogP contribution in [0, 0.1) is 5.92 Å². The fraction of sp³-hybridized carbons (Fsp3) is 0.588. The number of nitrogens with zero attached hydrogens (tertiary/aromatic N) is 1. The first kappa shape index (κ1) is 15.0. The first-order chi connectivity index (χ1) is 10.2. The van der Waals surface area contributed by atoms with Gasteiger partial charge in [0.1, 0.15) is 0 Å². The van der Waals surface area contributed by atoms with Crippen LogP contribution in [0.25, 0.3) is 0 Å². The van der Waals surface area contributed by atoms with Crippen molar-refractivity contribution in [2.45, 2.75) is 44.7 Å². The summed E-state index contributed by atoms with van der Waals surface area (Å²) < 4.78 is 1.08. The lowest BCUT2D eigenvalue weighted by Crippen LogP contribution is -2.32. The number of halogens is 1. The Morgan fingerprint density at radius 1 is 1.33 bits per heavy atom. The van der Waals surface area contributed by atoms with Gasteiger partial charge < -0.3 is 10.2 Å². The van der Waals surface area contributed by atoms with Crippen LogP contribution in [0.15, 0.2) is 28.7 Å². The number of amides is 1. The van der Waals surface area contributed by atoms with E-state index in [0.717, 1.165) is 30.5 Å². The second-order valence-corrected chi connectivity index (χ2v) is 7.20. The lowest BCUT2D eigenvalue weighted by Gasteiger charge is -2.23. The summed E-state index contributed by atoms with van der Waals surface area (Å²) in [5.41, 5.74) is 1.21. The lowest BCUT2D eigenvalue weighted by atomic mass is 10.0. The summed E-state index contributed by atoms with van der Waals surface area (Å²) in [6.07, 6.45) is 5.31. The largest absolute Gasteiger partial charge is 0.335 e. The van der Waals surface area contributed by atoms with Crippen molar-refractivity contribution >= 4 is 21.8 Å². The Labute approximate surface area is 135 Å². The molecule has 0 bridgehead atoms. The summed E-state index contributed by atoms with van der Waals surface area (Å²) in [6.45, 7) is 2.96. The van der Waals surface area contributed by atoms with E-state index in [1.54, 1.807) is 0 Å². The summed E-state index contributed by atoms with van der Waals surface area (Å²) in [6, 6.07) is 8.77. The summed E-state index contributed by atoms with van der Waals surface area (Å²) in [5, 5.41) is 3.38. The second-order valence-electron chi connectivity index (χ2n) is 6.28. The highest BCUT2D eigenvalue weighted by atomic mass is 79.9. The van der Waals surface area contributed by atoms with Crippen molar-refractivity contribution in [3.63, 3.8) is 0 Å². The molecule has 1 saturated heterocycles. The molecule has 4 heteroatoms. The zero-order valence-corrected chi connectivity index (χ0v) is 13.9. The summed E-state index contributed by atoms with van der Waals surface area (Å²) in [5.74, 6) is 1.03. The number of nitrogens with one attached hydrogen (secondary N) is 1. The molecule has 1 heterocycles. The van der Waals surface area contributed by atoms with Gasteiger partial charge >= 0.3 is 0 Å². The van der Waals surface area contributed by atoms with Crippen LogP contribution >= 0.6 is 15.9 Å². The van der Waals surface area contributed by atoms with Crippen LogP contribution in [0.2, 0.25) is 0 Å². The van der Waals surface area contributed by atoms with E-state index in [2.05, 4.69) is 38.3 Å². The number of hydrogen-bond donors (Lipinski definition) is 1. The van der Waals surface area contributed by atoms with Gasteiger partial charge in [-0.25, -0.2) is 0 Å². The molecule has 1 unspecified atom stereocenters. The van der Waals surface area contributed by atoms with Crippen LogP contribution < -0.4 is 5.32 Å². The monoisotopic (exact) mass is 350 g/mol. The van der Waals surface area contributed by atoms with E-state index in [-0.39, 0.29) is 0 Å². The van der Waals surface area contributed by atoms with Crippen molar-refractivity contribution in [1.82, 2.24) is 10.2 Å². The molecule has 1 aromatic carbocycles. The third kappa shape index (κ3) is 4.30. The third-order valence-corrected chi connectivity index (χ3v) is 4.97. The molecular formula is C17H23BrN2O. The topological polar surface area (TPSA) is 32.3 Å². The van der Waals surface area contributed by atoms with E-state index < -0.39 is 0 Å². The van der Waals surface area contributed by atoms with Gasteiger partial charge in [-0.3, -0.25) is 4.79 Å². The molecule has 2 fully saturated rings. The molecule has 1 amide bonds. The molecule has 2 aliphatic rings. The van der Waals surface area contributed by atoms with Gasteiger partial charge in [0.25, 0.3) is 0 Å². The van der Waals surface area contributed by atoms with Crippen LogP contribution in [-0.4, -0.2) is 29.9 Å². The maximum absolute atomic E-state index is 12.6. The molecule has 114 valence electrons. The molecule has 1 saturated carbocycles. The van der Waals surface area contributed by atoms with Gasteiger partial charge in [-0.1, -0.05) is 28.1 Å². The molecule has 1 aliphatic heterocycles. The van der Waals surface area contributed by atoms with E-state index in [4.69, 9.17) is 0 Å². The second kappa shape index (κ2) is 6.93. The minimum Gasteiger partial charge on any atom is -0.335 e. The fourth-order valence-electron chi connectivity index (χ4n) is 3.07. The van der Waals surface area contributed by atoms with Gasteiger partial charge in [0.05, 0.1) is 0 Å². The van der Waals surface area contributed by atoms with Crippen LogP contribution in [0.3, 0.4) is 0 Å². The zero-order chi connectivity index (χ0) is 14.7. The molecule has 3 rings (SSSR count). The minimum atomic E-state index is 0.337. The predicted molar refractivity (Wildman–Crippen MR) is 87.9 cm³/mol. The Morgan fingerprint density at radius 2 is 2.19 bits per heavy atom. The first-order valence-corrected chi connectivity index (χ1v) is 8.76. The Kier molecular flexibility index (Phi) is 4.96. The Hall–Kier alpha value is -0.870. The Morgan fingerprint density at radius 3 is 2.86 bits per heavy atom. The van der Waals surface area contributed by atoms with E-state index in [1.165, 1.54) is 24.8 Å². The van der Waals surface area contributed by atoms with Gasteiger partial charge in [-0.2, -0.15) is 0 Å². The molecule has 1 aliphatic carbocycles. The quantitative estimate of drug-likeness (QED) is 0.853. The summed E-state index contributed by atoms with van der Waals surface area (Å²) >= 11 is 3.51. The predicted octanol–water partition coefficient (Wildman–Crippen LogP) is 3.33. The highest BCUT2D eigenvalue weighted by Gasteiger charge is 2.32. The summed E-state index contributed by atoms with van der Waals surface area (Å²) in [7, 11) is 0. The minimum absolute atomic E-state index is 0.337. The molecule has 1 atom stereocenters. The van der Waals surface area contributed by atoms with Crippen molar-refractivity contribution in [3.8, 4) is 0 Å². The normalized spacial score (nSPS) is 21.5. The van der Waals surface area contributed by atoms with Crippen molar-refractivity contribution < 1.29 is 4.79 Å². The van der Waals surface area contributed by atoms with Gasteiger partial charge in [0.2, 0.25) is 5.91 Å². The van der Waals surface area contributed by atoms with E-state index >= 15 is 0 Å². The summed E-state index contributed by atoms with van der Waals surface area (Å²) in [4.78, 5) is 14.7. The average molecular weight is 351 g/mol. The van der Waals surface area contributed by atoms with E-state index in [1.807, 2.05) is 12.1 Å². The number of rotatable bonds is 6. The van der Waals surface area contributed by atoms with Crippen molar-refractivity contribution in [3.05, 3.63) is 34.3 Å². The van der Waals surface area contributed by atoms with Crippen LogP contribution in [0.5, 0.6) is 0 Å². The molecular weight excluding hydrogens is 328 g/mol. The SMILES string of the molecule is O=C(CCC1CCNC1)N(Cc1cccc(Br)c1)C1CC1. The van der Waals surface area contributed by atoms with Gasteiger partial charge in [-0.05, 0) is 62.4 Å². The van der Waals surface area contributed by atoms with Gasteiger partial charge in [0.15, 0.2) is 0 Å². The number of carbonyl (C=O) groups is 1. The molecule has 0 aromatic heterocycles. The molecule has 0 spiro atoms. The van der Waals surface area contributed by atoms with E-state index in [9.17, 15) is 4.79 Å². The maximum Gasteiger partial charge on any atom is 0.223 e. The van der Waals surface area contributed by atoms with E-state index in [0.29, 0.717) is 24.3 Å². The standard InChI is InChI=1S/C17H23BrN2O/c18-15-3-1-2-14(10-15)12-20(16-5-6-16)17(21)7-4-13-8-9-19-11-13/h1-3,10,13,16,19H,4-9,11-12H2. The average Bonchev–Trinajstić information content (AvgIpc) is 3.18. The molecule has 1 N–H and O–H groups in total. The van der Waals surface area contributed by atoms with Crippen LogP contribution in [0.4, 0.5) is 0 Å². The molecule has 3 nitrogen and oxygen atoms in total. The maximum atomic E-state index is 12.6. The Balaban J connectivity index is 1.57. The van der Waals surface area contributed by atoms with Gasteiger partial charge in [-0.15, -0.1) is 0 Å². The molecule has 0 radical (unpaired) electrons. The smallest absolute Gasteiger partial charge is 0.223 e. The van der Waals surface area contributed by atoms with Crippen molar-refractivity contribution in [1.29, 1.82) is 0 Å². The van der Waals surface area contributed by atoms with Crippen molar-refractivity contribution in [2.24, 2.45) is 5.92 Å². The number of carbonyl (C=O) groups excluding carboxylic acids is 1. The van der Waals surface area contributed by atoms with Gasteiger partial charge in [0, 0.05) is 23.5 Å². The lowest BCUT2D eigenvalue weighted by molar-refractivity contribution is -0.132. The van der Waals surface area contributed by atoms with Crippen LogP contribution in [0.1, 0.15) is 37.7 Å². The van der Waals surface area contributed by atoms with Crippen molar-refractivity contribution in [2.75, 3.05) is 13.1 Å². The van der Waals surface area contributed by atoms with Crippen LogP contribution in [-0.2, 0) is 11.3 Å². The number of benzene rings is 1. The fourth-order valence-corrected chi connectivity index (χ4v) is 3.52.